The molecule has 4 heteroatoms. The number of hydrogen-bond donors (Lipinski definition) is 1. The molecule has 2 nitrogen and oxygen atoms in total. The van der Waals surface area contributed by atoms with E-state index in [0.29, 0.717) is 10.6 Å². The van der Waals surface area contributed by atoms with Gasteiger partial charge in [-0.05, 0) is 38.1 Å². The number of benzene rings is 1. The first kappa shape index (κ1) is 12.8. The van der Waals surface area contributed by atoms with Crippen LogP contribution >= 0.6 is 11.6 Å². The molecule has 1 N–H and O–H groups in total. The molecular weight excluding hydrogens is 241 g/mol. The fourth-order valence-corrected chi connectivity index (χ4v) is 2.74. The highest BCUT2D eigenvalue weighted by molar-refractivity contribution is 6.31. The lowest BCUT2D eigenvalue weighted by Crippen LogP contribution is -2.36. The summed E-state index contributed by atoms with van der Waals surface area (Å²) >= 11 is 6.04. The van der Waals surface area contributed by atoms with Gasteiger partial charge < -0.3 is 5.11 Å². The lowest BCUT2D eigenvalue weighted by molar-refractivity contribution is 0.102. The number of aliphatic hydroxyl groups excluding tert-OH is 1. The Hall–Kier alpha value is -0.640. The zero-order chi connectivity index (χ0) is 12.3. The van der Waals surface area contributed by atoms with Crippen LogP contribution in [0.3, 0.4) is 0 Å². The number of halogens is 2. The molecule has 1 saturated heterocycles. The van der Waals surface area contributed by atoms with Crippen molar-refractivity contribution in [1.82, 2.24) is 4.90 Å². The molecule has 0 amide bonds. The van der Waals surface area contributed by atoms with Gasteiger partial charge in [0, 0.05) is 10.6 Å². The van der Waals surface area contributed by atoms with Crippen molar-refractivity contribution in [3.8, 4) is 0 Å². The molecule has 0 bridgehead atoms. The maximum atomic E-state index is 13.8. The van der Waals surface area contributed by atoms with E-state index in [4.69, 9.17) is 11.6 Å². The molecule has 17 heavy (non-hydrogen) atoms. The monoisotopic (exact) mass is 257 g/mol. The molecule has 94 valence electrons. The third-order valence-corrected chi connectivity index (χ3v) is 3.67. The number of piperidine rings is 1. The summed E-state index contributed by atoms with van der Waals surface area (Å²) in [6.45, 7) is 1.70. The summed E-state index contributed by atoms with van der Waals surface area (Å²) in [4.78, 5) is 2.12. The van der Waals surface area contributed by atoms with E-state index in [2.05, 4.69) is 4.90 Å². The number of hydrogen-bond acceptors (Lipinski definition) is 2. The van der Waals surface area contributed by atoms with E-state index in [9.17, 15) is 9.50 Å². The molecule has 1 aromatic carbocycles. The molecule has 0 saturated carbocycles. The van der Waals surface area contributed by atoms with Crippen molar-refractivity contribution >= 4 is 11.6 Å². The van der Waals surface area contributed by atoms with Crippen molar-refractivity contribution < 1.29 is 9.50 Å². The number of rotatable bonds is 3. The van der Waals surface area contributed by atoms with Crippen molar-refractivity contribution in [2.24, 2.45) is 0 Å². The van der Waals surface area contributed by atoms with Gasteiger partial charge in [0.25, 0.3) is 0 Å². The molecule has 1 fully saturated rings. The highest BCUT2D eigenvalue weighted by Gasteiger charge is 2.25. The minimum atomic E-state index is -0.331. The van der Waals surface area contributed by atoms with Crippen molar-refractivity contribution in [3.05, 3.63) is 34.6 Å². The van der Waals surface area contributed by atoms with E-state index < -0.39 is 0 Å². The van der Waals surface area contributed by atoms with Gasteiger partial charge in [-0.15, -0.1) is 0 Å². The molecule has 1 unspecified atom stereocenters. The molecule has 1 aliphatic heterocycles. The van der Waals surface area contributed by atoms with Crippen molar-refractivity contribution in [2.75, 3.05) is 19.7 Å². The van der Waals surface area contributed by atoms with E-state index >= 15 is 0 Å². The lowest BCUT2D eigenvalue weighted by atomic mass is 10.0. The average Bonchev–Trinajstić information content (AvgIpc) is 2.35. The molecule has 0 spiro atoms. The van der Waals surface area contributed by atoms with Gasteiger partial charge in [-0.25, -0.2) is 4.39 Å². The van der Waals surface area contributed by atoms with Gasteiger partial charge in [0.15, 0.2) is 0 Å². The van der Waals surface area contributed by atoms with Crippen LogP contribution in [0.2, 0.25) is 5.02 Å². The summed E-state index contributed by atoms with van der Waals surface area (Å²) in [5, 5.41) is 9.91. The Morgan fingerprint density at radius 3 is 2.59 bits per heavy atom. The summed E-state index contributed by atoms with van der Waals surface area (Å²) in [5.74, 6) is -0.331. The van der Waals surface area contributed by atoms with E-state index in [-0.39, 0.29) is 18.5 Å². The first-order valence-corrected chi connectivity index (χ1v) is 6.40. The fraction of sp³-hybridized carbons (Fsp3) is 0.538. The number of likely N-dealkylation sites (tertiary alicyclic amines) is 1. The van der Waals surface area contributed by atoms with Crippen molar-refractivity contribution in [3.63, 3.8) is 0 Å². The highest BCUT2D eigenvalue weighted by atomic mass is 35.5. The Kier molecular flexibility index (Phi) is 4.37. The summed E-state index contributed by atoms with van der Waals surface area (Å²) in [5.41, 5.74) is 0.429. The third-order valence-electron chi connectivity index (χ3n) is 3.34. The normalized spacial score (nSPS) is 19.2. The van der Waals surface area contributed by atoms with Crippen LogP contribution in [0.15, 0.2) is 18.2 Å². The topological polar surface area (TPSA) is 23.5 Å². The molecule has 0 radical (unpaired) electrons. The fourth-order valence-electron chi connectivity index (χ4n) is 2.45. The summed E-state index contributed by atoms with van der Waals surface area (Å²) < 4.78 is 13.8. The quantitative estimate of drug-likeness (QED) is 0.900. The van der Waals surface area contributed by atoms with Crippen LogP contribution in [0.5, 0.6) is 0 Å². The van der Waals surface area contributed by atoms with Gasteiger partial charge in [0.1, 0.15) is 5.82 Å². The van der Waals surface area contributed by atoms with Crippen molar-refractivity contribution in [1.29, 1.82) is 0 Å². The highest BCUT2D eigenvalue weighted by Crippen LogP contribution is 2.31. The molecule has 1 atom stereocenters. The largest absolute Gasteiger partial charge is 0.394 e. The number of nitrogens with zero attached hydrogens (tertiary/aromatic N) is 1. The van der Waals surface area contributed by atoms with Gasteiger partial charge in [-0.2, -0.15) is 0 Å². The predicted octanol–water partition coefficient (Wildman–Crippen LogP) is 3.00. The van der Waals surface area contributed by atoms with Gasteiger partial charge in [-0.1, -0.05) is 24.1 Å². The van der Waals surface area contributed by atoms with Crippen LogP contribution in [0, 0.1) is 5.82 Å². The first-order chi connectivity index (χ1) is 8.24. The Morgan fingerprint density at radius 1 is 1.29 bits per heavy atom. The Morgan fingerprint density at radius 2 is 2.00 bits per heavy atom. The Labute approximate surface area is 106 Å². The summed E-state index contributed by atoms with van der Waals surface area (Å²) in [6, 6.07) is 4.34. The standard InChI is InChI=1S/C13H17ClFNO/c14-10-5-4-6-11(15)13(10)12(9-17)16-7-2-1-3-8-16/h4-6,12,17H,1-3,7-9H2. The van der Waals surface area contributed by atoms with Crippen molar-refractivity contribution in [2.45, 2.75) is 25.3 Å². The van der Waals surface area contributed by atoms with Crippen LogP contribution in [-0.4, -0.2) is 29.7 Å². The maximum Gasteiger partial charge on any atom is 0.129 e. The minimum absolute atomic E-state index is 0.0966. The van der Waals surface area contributed by atoms with E-state index in [1.807, 2.05) is 0 Å². The summed E-state index contributed by atoms with van der Waals surface area (Å²) in [6.07, 6.45) is 3.41. The Balaban J connectivity index is 2.27. The van der Waals surface area contributed by atoms with Crippen LogP contribution < -0.4 is 0 Å². The molecule has 0 aliphatic carbocycles. The second kappa shape index (κ2) is 5.80. The average molecular weight is 258 g/mol. The summed E-state index contributed by atoms with van der Waals surface area (Å²) in [7, 11) is 0. The third kappa shape index (κ3) is 2.79. The van der Waals surface area contributed by atoms with Gasteiger partial charge >= 0.3 is 0 Å². The van der Waals surface area contributed by atoms with E-state index in [0.717, 1.165) is 25.9 Å². The second-order valence-electron chi connectivity index (χ2n) is 4.43. The smallest absolute Gasteiger partial charge is 0.129 e. The molecule has 2 rings (SSSR count). The zero-order valence-corrected chi connectivity index (χ0v) is 10.5. The van der Waals surface area contributed by atoms with E-state index in [1.165, 1.54) is 12.5 Å². The second-order valence-corrected chi connectivity index (χ2v) is 4.84. The molecular formula is C13H17ClFNO. The number of aliphatic hydroxyl groups is 1. The van der Waals surface area contributed by atoms with Gasteiger partial charge in [0.2, 0.25) is 0 Å². The Bertz CT molecular complexity index is 359. The zero-order valence-electron chi connectivity index (χ0n) is 9.70. The van der Waals surface area contributed by atoms with Crippen LogP contribution in [0.25, 0.3) is 0 Å². The molecule has 1 aromatic rings. The lowest BCUT2D eigenvalue weighted by Gasteiger charge is -2.34. The van der Waals surface area contributed by atoms with E-state index in [1.54, 1.807) is 12.1 Å². The maximum absolute atomic E-state index is 13.8. The molecule has 1 aliphatic rings. The molecule has 0 aromatic heterocycles. The minimum Gasteiger partial charge on any atom is -0.394 e. The van der Waals surface area contributed by atoms with Gasteiger partial charge in [0.05, 0.1) is 12.6 Å². The predicted molar refractivity (Wildman–Crippen MR) is 66.7 cm³/mol. The van der Waals surface area contributed by atoms with Crippen LogP contribution in [0.1, 0.15) is 30.9 Å². The SMILES string of the molecule is OCC(c1c(F)cccc1Cl)N1CCCCC1. The first-order valence-electron chi connectivity index (χ1n) is 6.03. The van der Waals surface area contributed by atoms with Crippen LogP contribution in [0.4, 0.5) is 4.39 Å². The van der Waals surface area contributed by atoms with Gasteiger partial charge in [-0.3, -0.25) is 4.90 Å². The molecule has 1 heterocycles. The van der Waals surface area contributed by atoms with Crippen LogP contribution in [-0.2, 0) is 0 Å².